The number of nitriles is 2. The summed E-state index contributed by atoms with van der Waals surface area (Å²) in [6.45, 7) is 47.8. The van der Waals surface area contributed by atoms with E-state index >= 15 is 0 Å². The molecule has 0 spiro atoms. The summed E-state index contributed by atoms with van der Waals surface area (Å²) in [4.78, 5) is 0. The van der Waals surface area contributed by atoms with Crippen LogP contribution in [0, 0.1) is 47.3 Å². The van der Waals surface area contributed by atoms with Crippen molar-refractivity contribution in [1.82, 2.24) is 0 Å². The second kappa shape index (κ2) is 41.6. The Balaban J connectivity index is 0.000000169. The van der Waals surface area contributed by atoms with Gasteiger partial charge in [-0.25, -0.2) is 0 Å². The number of hydrogen-bond donors (Lipinski definition) is 0. The van der Waals surface area contributed by atoms with E-state index in [0.29, 0.717) is 11.1 Å². The number of hydrogen-bond acceptors (Lipinski definition) is 2. The predicted molar refractivity (Wildman–Crippen MR) is 575 cm³/mol. The fourth-order valence-electron chi connectivity index (χ4n) is 18.3. The van der Waals surface area contributed by atoms with Gasteiger partial charge in [0.1, 0.15) is 0 Å². The van der Waals surface area contributed by atoms with Crippen molar-refractivity contribution in [1.29, 1.82) is 10.5 Å². The van der Waals surface area contributed by atoms with Crippen molar-refractivity contribution >= 4 is 75.0 Å². The SMILES string of the molecule is C#Cc1ccc(-c2cccc(-c3ccc(C#N)cc3)c2C(C)(C)C)cc1.C#Cc1cccc(C#N)c1C(C)(C)C.CC(C)(C)c1cc2c(cc1[Si](C)(C)C)-c1ccccc1-c1ccccc1-c1ccccc1-2.CC(C)(C)c1cccc[c]1[Ge]([CH3])([CH3])[CH3].CC(C)(C)c1cccc[c]1[Ge]([C]1=CC=CCC1)([c]1ccccc1)[c]1ccccc1.[2H][C]([2H])([2H])[Ge]([CH3])([CH3])[c]1ccccc1C(C)(C)C. The molecule has 129 heavy (non-hydrogen) atoms. The third-order valence-electron chi connectivity index (χ3n) is 24.3. The van der Waals surface area contributed by atoms with Crippen LogP contribution in [0.15, 0.2) is 326 Å². The van der Waals surface area contributed by atoms with E-state index < -0.39 is 53.6 Å². The molecular weight excluding hydrogens is 1750 g/mol. The van der Waals surface area contributed by atoms with Gasteiger partial charge in [0.15, 0.2) is 0 Å². The van der Waals surface area contributed by atoms with Crippen LogP contribution in [-0.2, 0) is 32.5 Å². The molecule has 15 rings (SSSR count). The van der Waals surface area contributed by atoms with Gasteiger partial charge in [0.25, 0.3) is 0 Å². The maximum absolute atomic E-state index is 9.05. The van der Waals surface area contributed by atoms with Gasteiger partial charge in [-0.3, -0.25) is 0 Å². The molecule has 0 fully saturated rings. The summed E-state index contributed by atoms with van der Waals surface area (Å²) in [7, 11) is -1.56. The molecule has 0 aromatic heterocycles. The molecule has 0 unspecified atom stereocenters. The molecule has 2 aliphatic carbocycles. The van der Waals surface area contributed by atoms with Crippen LogP contribution in [0.3, 0.4) is 0 Å². The molecule has 0 saturated heterocycles. The van der Waals surface area contributed by atoms with E-state index in [1.54, 1.807) is 30.0 Å². The molecule has 2 aliphatic rings. The number of nitrogens with zero attached hydrogens (tertiary/aromatic N) is 2. The van der Waals surface area contributed by atoms with Crippen molar-refractivity contribution < 1.29 is 4.11 Å². The van der Waals surface area contributed by atoms with E-state index in [9.17, 15) is 0 Å². The Hall–Kier alpha value is -10.7. The zero-order chi connectivity index (χ0) is 97.0. The molecular formula is C123H140Ge3N2Si. The van der Waals surface area contributed by atoms with E-state index in [0.717, 1.165) is 45.1 Å². The van der Waals surface area contributed by atoms with Crippen molar-refractivity contribution in [2.75, 3.05) is 0 Å². The van der Waals surface area contributed by atoms with Crippen LogP contribution in [0.4, 0.5) is 0 Å². The maximum atomic E-state index is 9.05. The third-order valence-corrected chi connectivity index (χ3v) is 44.9. The van der Waals surface area contributed by atoms with Crippen LogP contribution in [0.5, 0.6) is 0 Å². The summed E-state index contributed by atoms with van der Waals surface area (Å²) in [5.74, 6) is 16.7. The number of allylic oxidation sites excluding steroid dienone is 4. The summed E-state index contributed by atoms with van der Waals surface area (Å²) < 4.78 is 32.4. The van der Waals surface area contributed by atoms with Gasteiger partial charge < -0.3 is 0 Å². The molecule has 0 amide bonds. The number of terminal acetylenes is 2. The zero-order valence-corrected chi connectivity index (χ0v) is 89.4. The standard InChI is InChI=1S/C31H32Si.C28H30Ge.C25H21N.2C13H22Ge.C13H13N/c1-31(2,3)29-19-27-25-17-11-9-15-23(25)21-13-7-8-14-22(21)24-16-10-12-18-26(24)28(27)20-30(29)32(4,5)6;1-28(2,3)26-21-13-14-22-27(26)29(23-15-7-4-8-16-23,24-17-9-5-10-18-24)25-19-11-6-12-20-25;1-5-18-9-13-20(14-10-18)22-7-6-8-23(24(22)25(2,3)4)21-15-11-19(17-26)12-16-21;2*1-13(2,3)11-9-7-8-10-12(11)14(4,5)6;1-5-10-7-6-8-11(9-14)12(10)13(2,3)4/h7-20H,1-6H3;4-11,13-19,21-22H,12,20H2,1-3H3;1,6-16H,2-4H3;2*7-10H,1-6H3;1,6-8H,2-4H3/i;;;4D3;;. The summed E-state index contributed by atoms with van der Waals surface area (Å²) in [6.07, 6.45) is 20.2. The Bertz CT molecular complexity index is 6150. The van der Waals surface area contributed by atoms with Gasteiger partial charge >= 0.3 is 365 Å². The first-order valence-corrected chi connectivity index (χ1v) is 67.1. The van der Waals surface area contributed by atoms with Crippen molar-refractivity contribution in [3.8, 4) is 104 Å². The second-order valence-electron chi connectivity index (χ2n) is 43.1. The molecule has 0 atom stereocenters. The first kappa shape index (κ1) is 95.9. The first-order chi connectivity index (χ1) is 61.8. The predicted octanol–water partition coefficient (Wildman–Crippen LogP) is 29.8. The fourth-order valence-corrected chi connectivity index (χ4v) is 39.0. The fraction of sp³-hybridized carbons (Fsp3) is 0.285. The Morgan fingerprint density at radius 1 is 0.326 bits per heavy atom. The van der Waals surface area contributed by atoms with Crippen LogP contribution in [-0.4, -0.2) is 47.9 Å². The Morgan fingerprint density at radius 2 is 0.674 bits per heavy atom. The quantitative estimate of drug-likeness (QED) is 0.107. The van der Waals surface area contributed by atoms with Gasteiger partial charge in [-0.15, -0.1) is 12.8 Å². The molecule has 0 N–H and O–H groups in total. The summed E-state index contributed by atoms with van der Waals surface area (Å²) in [5, 5.41) is 19.6. The molecule has 0 aliphatic heterocycles. The van der Waals surface area contributed by atoms with Gasteiger partial charge in [-0.1, -0.05) is 232 Å². The van der Waals surface area contributed by atoms with Crippen LogP contribution >= 0.6 is 0 Å². The zero-order valence-electron chi connectivity index (χ0n) is 85.1. The Labute approximate surface area is 792 Å². The van der Waals surface area contributed by atoms with Gasteiger partial charge in [0.2, 0.25) is 0 Å². The normalized spacial score (nSPS) is 13.0. The van der Waals surface area contributed by atoms with E-state index in [-0.39, 0.29) is 32.5 Å². The first-order valence-electron chi connectivity index (χ1n) is 47.3. The van der Waals surface area contributed by atoms with Crippen LogP contribution in [0.2, 0.25) is 54.1 Å². The average molecular weight is 1900 g/mol. The van der Waals surface area contributed by atoms with Gasteiger partial charge in [0, 0.05) is 11.1 Å². The van der Waals surface area contributed by atoms with Gasteiger partial charge in [-0.2, -0.15) is 10.5 Å². The Morgan fingerprint density at radius 3 is 1.03 bits per heavy atom. The molecule has 13 aromatic carbocycles. The van der Waals surface area contributed by atoms with E-state index in [4.69, 9.17) is 27.5 Å². The minimum atomic E-state index is -3.09. The minimum absolute atomic E-state index is 0.00433. The molecule has 0 radical (unpaired) electrons. The van der Waals surface area contributed by atoms with Crippen LogP contribution in [0.1, 0.15) is 197 Å². The second-order valence-corrected chi connectivity index (χ2v) is 74.7. The van der Waals surface area contributed by atoms with Crippen LogP contribution < -0.4 is 27.2 Å². The molecule has 6 heteroatoms. The van der Waals surface area contributed by atoms with Crippen molar-refractivity contribution in [3.63, 3.8) is 0 Å². The molecule has 0 heterocycles. The summed E-state index contributed by atoms with van der Waals surface area (Å²) in [6, 6.07) is 113. The third kappa shape index (κ3) is 24.3. The summed E-state index contributed by atoms with van der Waals surface area (Å²) >= 11 is -7.78. The summed E-state index contributed by atoms with van der Waals surface area (Å²) in [5.41, 5.74) is 24.9. The average Bonchev–Trinajstić information content (AvgIpc) is 0.787. The number of benzene rings is 13. The topological polar surface area (TPSA) is 47.6 Å². The van der Waals surface area contributed by atoms with Crippen LogP contribution in [0.25, 0.3) is 66.8 Å². The van der Waals surface area contributed by atoms with Gasteiger partial charge in [0.05, 0.1) is 31.3 Å². The van der Waals surface area contributed by atoms with E-state index in [1.807, 2.05) is 78.2 Å². The molecule has 13 aromatic rings. The Kier molecular flexibility index (Phi) is 30.9. The molecule has 0 saturated carbocycles. The monoisotopic (exact) mass is 1900 g/mol. The van der Waals surface area contributed by atoms with E-state index in [1.165, 1.54) is 86.7 Å². The number of fused-ring (bicyclic) bond motifs is 8. The van der Waals surface area contributed by atoms with Crippen molar-refractivity contribution in [2.24, 2.45) is 0 Å². The molecule has 2 nitrogen and oxygen atoms in total. The van der Waals surface area contributed by atoms with E-state index in [2.05, 4.69) is 434 Å². The molecule has 658 valence electrons. The van der Waals surface area contributed by atoms with Crippen molar-refractivity contribution in [3.05, 3.63) is 382 Å². The molecule has 0 bridgehead atoms. The van der Waals surface area contributed by atoms with Gasteiger partial charge in [-0.05, 0) is 136 Å². The van der Waals surface area contributed by atoms with Crippen molar-refractivity contribution in [2.45, 2.75) is 224 Å². The number of rotatable bonds is 9.